The lowest BCUT2D eigenvalue weighted by Crippen LogP contribution is -2.54. The molecule has 4 rings (SSSR count). The largest absolute Gasteiger partial charge is 0.493 e. The van der Waals surface area contributed by atoms with E-state index in [1.807, 2.05) is 68.4 Å². The Kier molecular flexibility index (Phi) is 12.4. The van der Waals surface area contributed by atoms with Gasteiger partial charge in [-0.3, -0.25) is 13.9 Å². The molecule has 9 nitrogen and oxygen atoms in total. The van der Waals surface area contributed by atoms with E-state index >= 15 is 0 Å². The third kappa shape index (κ3) is 9.14. The molecule has 4 aromatic rings. The van der Waals surface area contributed by atoms with Gasteiger partial charge in [-0.25, -0.2) is 8.42 Å². The molecule has 2 atom stereocenters. The van der Waals surface area contributed by atoms with Gasteiger partial charge in [0.05, 0.1) is 24.8 Å². The van der Waals surface area contributed by atoms with Gasteiger partial charge in [0.25, 0.3) is 10.0 Å². The third-order valence-corrected chi connectivity index (χ3v) is 10.0. The van der Waals surface area contributed by atoms with Crippen LogP contribution in [0.1, 0.15) is 31.4 Å². The lowest BCUT2D eigenvalue weighted by molar-refractivity contribution is -0.140. The van der Waals surface area contributed by atoms with E-state index in [1.54, 1.807) is 30.3 Å². The summed E-state index contributed by atoms with van der Waals surface area (Å²) in [7, 11) is -1.42. The predicted molar refractivity (Wildman–Crippen MR) is 187 cm³/mol. The third-order valence-electron chi connectivity index (χ3n) is 7.78. The van der Waals surface area contributed by atoms with Crippen LogP contribution in [0, 0.1) is 0 Å². The van der Waals surface area contributed by atoms with Crippen molar-refractivity contribution in [2.24, 2.45) is 0 Å². The summed E-state index contributed by atoms with van der Waals surface area (Å²) in [5.74, 6) is -0.266. The Balaban J connectivity index is 1.81. The fraction of sp³-hybridized carbons (Fsp3) is 0.278. The maximum absolute atomic E-state index is 14.6. The van der Waals surface area contributed by atoms with E-state index in [9.17, 15) is 18.0 Å². The Morgan fingerprint density at radius 2 is 1.47 bits per heavy atom. The zero-order valence-corrected chi connectivity index (χ0v) is 29.3. The van der Waals surface area contributed by atoms with Gasteiger partial charge in [-0.05, 0) is 60.9 Å². The summed E-state index contributed by atoms with van der Waals surface area (Å²) >= 11 is 3.51. The van der Waals surface area contributed by atoms with E-state index in [1.165, 1.54) is 37.3 Å². The van der Waals surface area contributed by atoms with Crippen molar-refractivity contribution in [3.8, 4) is 11.5 Å². The van der Waals surface area contributed by atoms with Crippen LogP contribution >= 0.6 is 15.9 Å². The molecule has 0 heterocycles. The van der Waals surface area contributed by atoms with Gasteiger partial charge >= 0.3 is 0 Å². The molecule has 248 valence electrons. The molecule has 2 amide bonds. The van der Waals surface area contributed by atoms with Gasteiger partial charge in [-0.1, -0.05) is 83.5 Å². The van der Waals surface area contributed by atoms with Crippen LogP contribution in [0.4, 0.5) is 5.69 Å². The molecule has 0 spiro atoms. The maximum atomic E-state index is 14.6. The Morgan fingerprint density at radius 1 is 0.830 bits per heavy atom. The van der Waals surface area contributed by atoms with Crippen LogP contribution < -0.4 is 19.1 Å². The smallest absolute Gasteiger partial charge is 0.264 e. The molecule has 0 aromatic heterocycles. The summed E-state index contributed by atoms with van der Waals surface area (Å²) < 4.78 is 41.2. The molecule has 47 heavy (non-hydrogen) atoms. The molecular formula is C36H40BrN3O6S. The first kappa shape index (κ1) is 35.5. The van der Waals surface area contributed by atoms with Crippen LogP contribution in [0.15, 0.2) is 112 Å². The number of hydrogen-bond acceptors (Lipinski definition) is 6. The SMILES string of the molecule is CCC(C)NC(=O)C(Cc1ccccc1)N(Cc1cccc(Br)c1)C(=O)CN(c1ccccc1)S(=O)(=O)c1ccc(OC)c(OC)c1. The van der Waals surface area contributed by atoms with Gasteiger partial charge in [0.1, 0.15) is 12.6 Å². The summed E-state index contributed by atoms with van der Waals surface area (Å²) in [6.07, 6.45) is 0.936. The van der Waals surface area contributed by atoms with Crippen LogP contribution in [0.5, 0.6) is 11.5 Å². The number of nitrogens with one attached hydrogen (secondary N) is 1. The number of anilines is 1. The van der Waals surface area contributed by atoms with Gasteiger partial charge in [0.15, 0.2) is 11.5 Å². The molecule has 0 aliphatic heterocycles. The highest BCUT2D eigenvalue weighted by molar-refractivity contribution is 9.10. The van der Waals surface area contributed by atoms with Gasteiger partial charge in [-0.2, -0.15) is 0 Å². The number of rotatable bonds is 15. The maximum Gasteiger partial charge on any atom is 0.264 e. The standard InChI is InChI=1S/C36H40BrN3O6S/c1-5-26(2)38-36(42)32(22-27-13-8-6-9-14-27)39(24-28-15-12-16-29(37)21-28)35(41)25-40(30-17-10-7-11-18-30)47(43,44)31-19-20-33(45-3)34(23-31)46-4/h6-21,23,26,32H,5,22,24-25H2,1-4H3,(H,38,42). The summed E-state index contributed by atoms with van der Waals surface area (Å²) in [5, 5.41) is 3.05. The molecule has 0 saturated heterocycles. The number of sulfonamides is 1. The summed E-state index contributed by atoms with van der Waals surface area (Å²) in [6.45, 7) is 3.39. The molecule has 0 saturated carbocycles. The van der Waals surface area contributed by atoms with Crippen molar-refractivity contribution in [1.29, 1.82) is 0 Å². The molecule has 0 fully saturated rings. The van der Waals surface area contributed by atoms with Crippen LogP contribution in [0.25, 0.3) is 0 Å². The monoisotopic (exact) mass is 721 g/mol. The van der Waals surface area contributed by atoms with Crippen LogP contribution in [-0.2, 0) is 32.6 Å². The average molecular weight is 723 g/mol. The van der Waals surface area contributed by atoms with Gasteiger partial charge in [0.2, 0.25) is 11.8 Å². The van der Waals surface area contributed by atoms with E-state index in [0.717, 1.165) is 19.9 Å². The number of nitrogens with zero attached hydrogens (tertiary/aromatic N) is 2. The van der Waals surface area contributed by atoms with Gasteiger partial charge in [0, 0.05) is 29.5 Å². The van der Waals surface area contributed by atoms with Crippen molar-refractivity contribution >= 4 is 43.5 Å². The fourth-order valence-corrected chi connectivity index (χ4v) is 6.93. The predicted octanol–water partition coefficient (Wildman–Crippen LogP) is 6.22. The Hall–Kier alpha value is -4.35. The first-order chi connectivity index (χ1) is 22.6. The quantitative estimate of drug-likeness (QED) is 0.156. The summed E-state index contributed by atoms with van der Waals surface area (Å²) in [4.78, 5) is 29.9. The molecule has 0 aliphatic rings. The van der Waals surface area contributed by atoms with E-state index in [2.05, 4.69) is 21.2 Å². The van der Waals surface area contributed by atoms with Crippen LogP contribution in [0.2, 0.25) is 0 Å². The number of para-hydroxylation sites is 1. The minimum absolute atomic E-state index is 0.0722. The number of ether oxygens (including phenoxy) is 2. The second-order valence-corrected chi connectivity index (χ2v) is 13.8. The van der Waals surface area contributed by atoms with Crippen molar-refractivity contribution in [2.75, 3.05) is 25.1 Å². The Labute approximate surface area is 285 Å². The van der Waals surface area contributed by atoms with Crippen molar-refractivity contribution in [3.05, 3.63) is 119 Å². The highest BCUT2D eigenvalue weighted by Gasteiger charge is 2.35. The molecular weight excluding hydrogens is 682 g/mol. The number of halogens is 1. The highest BCUT2D eigenvalue weighted by Crippen LogP contribution is 2.32. The Bertz CT molecular complexity index is 1760. The van der Waals surface area contributed by atoms with Gasteiger partial charge < -0.3 is 19.7 Å². The molecule has 1 N–H and O–H groups in total. The van der Waals surface area contributed by atoms with E-state index < -0.39 is 28.5 Å². The number of carbonyl (C=O) groups is 2. The minimum Gasteiger partial charge on any atom is -0.493 e. The summed E-state index contributed by atoms with van der Waals surface area (Å²) in [5.41, 5.74) is 1.93. The van der Waals surface area contributed by atoms with Crippen LogP contribution in [0.3, 0.4) is 0 Å². The van der Waals surface area contributed by atoms with Crippen molar-refractivity contribution in [3.63, 3.8) is 0 Å². The second kappa shape index (κ2) is 16.5. The van der Waals surface area contributed by atoms with E-state index in [4.69, 9.17) is 9.47 Å². The zero-order chi connectivity index (χ0) is 34.0. The normalized spacial score (nSPS) is 12.4. The van der Waals surface area contributed by atoms with Crippen molar-refractivity contribution in [1.82, 2.24) is 10.2 Å². The molecule has 11 heteroatoms. The van der Waals surface area contributed by atoms with Crippen molar-refractivity contribution in [2.45, 2.75) is 50.2 Å². The minimum atomic E-state index is -4.31. The number of carbonyl (C=O) groups excluding carboxylic acids is 2. The number of amides is 2. The molecule has 0 bridgehead atoms. The molecule has 4 aromatic carbocycles. The molecule has 2 unspecified atom stereocenters. The number of hydrogen-bond donors (Lipinski definition) is 1. The lowest BCUT2D eigenvalue weighted by Gasteiger charge is -2.34. The highest BCUT2D eigenvalue weighted by atomic mass is 79.9. The lowest BCUT2D eigenvalue weighted by atomic mass is 10.0. The van der Waals surface area contributed by atoms with E-state index in [0.29, 0.717) is 17.9 Å². The van der Waals surface area contributed by atoms with Gasteiger partial charge in [-0.15, -0.1) is 0 Å². The zero-order valence-electron chi connectivity index (χ0n) is 26.9. The molecule has 0 radical (unpaired) electrons. The topological polar surface area (TPSA) is 105 Å². The first-order valence-electron chi connectivity index (χ1n) is 15.2. The average Bonchev–Trinajstić information content (AvgIpc) is 3.08. The van der Waals surface area contributed by atoms with E-state index in [-0.39, 0.29) is 35.6 Å². The second-order valence-electron chi connectivity index (χ2n) is 11.0. The number of benzene rings is 4. The van der Waals surface area contributed by atoms with Crippen LogP contribution in [-0.4, -0.2) is 58.0 Å². The summed E-state index contributed by atoms with van der Waals surface area (Å²) in [6, 6.07) is 28.6. The van der Waals surface area contributed by atoms with Crippen molar-refractivity contribution < 1.29 is 27.5 Å². The fourth-order valence-electron chi connectivity index (χ4n) is 5.05. The number of methoxy groups -OCH3 is 2. The molecule has 0 aliphatic carbocycles. The first-order valence-corrected chi connectivity index (χ1v) is 17.5. The Morgan fingerprint density at radius 3 is 2.09 bits per heavy atom.